The van der Waals surface area contributed by atoms with E-state index < -0.39 is 7.12 Å². The largest absolute Gasteiger partial charge is 0.497 e. The summed E-state index contributed by atoms with van der Waals surface area (Å²) < 4.78 is 34.3. The molecule has 4 N–H and O–H groups in total. The van der Waals surface area contributed by atoms with Crippen molar-refractivity contribution < 1.29 is 47.1 Å². The number of aldehydes is 2. The zero-order chi connectivity index (χ0) is 47.4. The molecule has 338 valence electrons. The minimum Gasteiger partial charge on any atom is -0.497 e. The minimum atomic E-state index is -1.47. The molecule has 4 heterocycles. The summed E-state index contributed by atoms with van der Waals surface area (Å²) in [6.07, 6.45) is 2.36. The lowest BCUT2D eigenvalue weighted by atomic mass is 9.80. The van der Waals surface area contributed by atoms with E-state index in [0.717, 1.165) is 63.1 Å². The first kappa shape index (κ1) is 49.4. The summed E-state index contributed by atoms with van der Waals surface area (Å²) >= 11 is 3.05. The number of aryl methyl sites for hydroxylation is 2. The molecule has 9 aromatic rings. The van der Waals surface area contributed by atoms with Crippen LogP contribution in [-0.4, -0.2) is 60.6 Å². The summed E-state index contributed by atoms with van der Waals surface area (Å²) in [6, 6.07) is 48.6. The number of nitrogen functional groups attached to an aromatic ring is 1. The molecule has 5 aromatic carbocycles. The number of fused-ring (bicyclic) bond motifs is 1. The van der Waals surface area contributed by atoms with Crippen molar-refractivity contribution in [2.45, 2.75) is 13.3 Å². The van der Waals surface area contributed by atoms with Crippen molar-refractivity contribution in [2.24, 2.45) is 7.05 Å². The number of hydrogen-bond donors (Lipinski definition) is 3. The number of ether oxygens (including phenoxy) is 3. The van der Waals surface area contributed by atoms with Crippen molar-refractivity contribution in [1.29, 1.82) is 0 Å². The molecule has 0 amide bonds. The quantitative estimate of drug-likeness (QED) is 0.0670. The number of nitrogens with zero attached hydrogens (tertiary/aromatic N) is 2. The van der Waals surface area contributed by atoms with Gasteiger partial charge in [-0.2, -0.15) is 0 Å². The SMILES string of the molecule is CCc1ccccc1N.COc1ccccc1-c1ccc(-c2nc3ccccc3n2C)o1.COc1ccccc1-c1ccc(C=O)o1.COc1ccccc1B(O)O.O=Cc1ccc(Br)o1. The molecular weight excluding hydrogens is 905 g/mol. The molecule has 15 heteroatoms. The number of aromatic nitrogens is 2. The number of benzene rings is 5. The topological polar surface area (TPSA) is 186 Å². The number of furan rings is 3. The molecule has 9 rings (SSSR count). The second kappa shape index (κ2) is 25.0. The van der Waals surface area contributed by atoms with Crippen LogP contribution < -0.4 is 25.4 Å². The summed E-state index contributed by atoms with van der Waals surface area (Å²) in [4.78, 5) is 25.1. The van der Waals surface area contributed by atoms with Crippen LogP contribution in [0.1, 0.15) is 33.6 Å². The molecule has 0 spiro atoms. The highest BCUT2D eigenvalue weighted by molar-refractivity contribution is 9.10. The molecule has 0 atom stereocenters. The average Bonchev–Trinajstić information content (AvgIpc) is 4.20. The van der Waals surface area contributed by atoms with E-state index in [1.54, 1.807) is 62.8 Å². The Balaban J connectivity index is 0.000000165. The van der Waals surface area contributed by atoms with Crippen LogP contribution in [0.25, 0.3) is 45.3 Å². The zero-order valence-corrected chi connectivity index (χ0v) is 38.5. The molecule has 0 aliphatic heterocycles. The third-order valence-electron chi connectivity index (χ3n) is 9.66. The number of methoxy groups -OCH3 is 3. The Labute approximate surface area is 391 Å². The Morgan fingerprint density at radius 3 is 1.62 bits per heavy atom. The number of rotatable bonds is 10. The van der Waals surface area contributed by atoms with Crippen molar-refractivity contribution in [2.75, 3.05) is 27.1 Å². The van der Waals surface area contributed by atoms with Gasteiger partial charge in [-0.3, -0.25) is 9.59 Å². The Morgan fingerprint density at radius 1 is 0.621 bits per heavy atom. The number of para-hydroxylation sites is 6. The van der Waals surface area contributed by atoms with Crippen molar-refractivity contribution in [1.82, 2.24) is 9.55 Å². The third kappa shape index (κ3) is 13.2. The fourth-order valence-corrected chi connectivity index (χ4v) is 6.67. The number of imidazole rings is 1. The van der Waals surface area contributed by atoms with Gasteiger partial charge in [0.05, 0.1) is 43.5 Å². The van der Waals surface area contributed by atoms with Crippen LogP contribution in [0.2, 0.25) is 0 Å². The van der Waals surface area contributed by atoms with Crippen molar-refractivity contribution in [3.63, 3.8) is 0 Å². The maximum atomic E-state index is 10.5. The molecular formula is C51H49BBrN3O10. The van der Waals surface area contributed by atoms with Gasteiger partial charge in [0.1, 0.15) is 28.8 Å². The zero-order valence-electron chi connectivity index (χ0n) is 37.0. The van der Waals surface area contributed by atoms with Crippen LogP contribution in [0.3, 0.4) is 0 Å². The van der Waals surface area contributed by atoms with Gasteiger partial charge in [0, 0.05) is 18.2 Å². The Hall–Kier alpha value is -7.59. The number of halogens is 1. The van der Waals surface area contributed by atoms with E-state index in [-0.39, 0.29) is 0 Å². The van der Waals surface area contributed by atoms with E-state index in [1.807, 2.05) is 109 Å². The molecule has 0 unspecified atom stereocenters. The number of hydrogen-bond acceptors (Lipinski definition) is 12. The van der Waals surface area contributed by atoms with Gasteiger partial charge in [-0.15, -0.1) is 0 Å². The van der Waals surface area contributed by atoms with E-state index in [4.69, 9.17) is 43.2 Å². The van der Waals surface area contributed by atoms with Gasteiger partial charge in [-0.25, -0.2) is 4.98 Å². The number of nitrogens with two attached hydrogens (primary N) is 1. The normalized spacial score (nSPS) is 10.1. The van der Waals surface area contributed by atoms with E-state index in [1.165, 1.54) is 12.7 Å². The van der Waals surface area contributed by atoms with Crippen LogP contribution in [0.5, 0.6) is 17.2 Å². The van der Waals surface area contributed by atoms with Crippen LogP contribution in [0.15, 0.2) is 176 Å². The Kier molecular flexibility index (Phi) is 18.8. The highest BCUT2D eigenvalue weighted by Gasteiger charge is 2.17. The summed E-state index contributed by atoms with van der Waals surface area (Å²) in [5, 5.41) is 17.6. The van der Waals surface area contributed by atoms with Gasteiger partial charge in [0.2, 0.25) is 0 Å². The van der Waals surface area contributed by atoms with E-state index in [9.17, 15) is 9.59 Å². The molecule has 66 heavy (non-hydrogen) atoms. The summed E-state index contributed by atoms with van der Waals surface area (Å²) in [6.45, 7) is 2.10. The van der Waals surface area contributed by atoms with Crippen LogP contribution in [0, 0.1) is 0 Å². The molecule has 13 nitrogen and oxygen atoms in total. The molecule has 0 saturated heterocycles. The Bertz CT molecular complexity index is 2920. The molecule has 0 fully saturated rings. The number of carbonyl (C=O) groups excluding carboxylic acids is 2. The molecule has 0 aliphatic carbocycles. The van der Waals surface area contributed by atoms with Crippen LogP contribution >= 0.6 is 15.9 Å². The van der Waals surface area contributed by atoms with E-state index >= 15 is 0 Å². The fraction of sp³-hybridized carbons (Fsp3) is 0.118. The van der Waals surface area contributed by atoms with Gasteiger partial charge in [-0.1, -0.05) is 79.7 Å². The Morgan fingerprint density at radius 2 is 1.12 bits per heavy atom. The maximum absolute atomic E-state index is 10.5. The number of anilines is 1. The van der Waals surface area contributed by atoms with Crippen molar-refractivity contribution >= 4 is 57.8 Å². The summed E-state index contributed by atoms with van der Waals surface area (Å²) in [5.41, 5.74) is 12.0. The second-order valence-corrected chi connectivity index (χ2v) is 14.6. The van der Waals surface area contributed by atoms with Gasteiger partial charge in [-0.05, 0) is 113 Å². The van der Waals surface area contributed by atoms with Crippen LogP contribution in [0.4, 0.5) is 5.69 Å². The van der Waals surface area contributed by atoms with Gasteiger partial charge < -0.3 is 47.8 Å². The van der Waals surface area contributed by atoms with Crippen molar-refractivity contribution in [3.05, 3.63) is 179 Å². The lowest BCUT2D eigenvalue weighted by molar-refractivity contribution is 0.109. The van der Waals surface area contributed by atoms with Crippen LogP contribution in [-0.2, 0) is 13.5 Å². The third-order valence-corrected chi connectivity index (χ3v) is 10.1. The molecule has 0 bridgehead atoms. The van der Waals surface area contributed by atoms with E-state index in [0.29, 0.717) is 45.7 Å². The smallest absolute Gasteiger partial charge is 0.492 e. The highest BCUT2D eigenvalue weighted by atomic mass is 79.9. The molecule has 4 aromatic heterocycles. The summed E-state index contributed by atoms with van der Waals surface area (Å²) in [5.74, 6) is 5.62. The van der Waals surface area contributed by atoms with Gasteiger partial charge in [0.15, 0.2) is 40.3 Å². The lowest BCUT2D eigenvalue weighted by Crippen LogP contribution is -2.30. The monoisotopic (exact) mass is 953 g/mol. The average molecular weight is 955 g/mol. The highest BCUT2D eigenvalue weighted by Crippen LogP contribution is 2.34. The lowest BCUT2D eigenvalue weighted by Gasteiger charge is -2.05. The first-order chi connectivity index (χ1) is 32.0. The molecule has 0 radical (unpaired) electrons. The molecule has 0 aliphatic rings. The van der Waals surface area contributed by atoms with Gasteiger partial charge in [0.25, 0.3) is 0 Å². The van der Waals surface area contributed by atoms with Crippen molar-refractivity contribution in [3.8, 4) is 51.5 Å². The first-order valence-corrected chi connectivity index (χ1v) is 21.2. The van der Waals surface area contributed by atoms with Gasteiger partial charge >= 0.3 is 7.12 Å². The molecule has 0 saturated carbocycles. The number of carbonyl (C=O) groups is 2. The standard InChI is InChI=1S/C19H16N2O2.C12H10O3.C8H11N.C7H9BO3.C5H3BrO2/c1-21-15-9-5-4-8-14(15)20-19(21)18-12-11-17(23-18)13-7-3-6-10-16(13)22-2;1-14-11-5-3-2-4-10(11)12-7-6-9(8-13)15-12;1-2-7-5-3-4-6-8(7)9;1-11-7-5-3-2-4-6(7)8(9)10;6-5-2-1-4(3-7)8-5/h3-12H,1-2H3;2-8H,1H3;3-6H,2,9H2,1H3;2-5,9-10H,1H3;1-3H. The first-order valence-electron chi connectivity index (χ1n) is 20.4. The predicted molar refractivity (Wildman–Crippen MR) is 261 cm³/mol. The second-order valence-electron chi connectivity index (χ2n) is 13.8. The minimum absolute atomic E-state index is 0.316. The maximum Gasteiger partial charge on any atom is 0.492 e. The predicted octanol–water partition coefficient (Wildman–Crippen LogP) is 10.3. The summed E-state index contributed by atoms with van der Waals surface area (Å²) in [7, 11) is 5.28. The van der Waals surface area contributed by atoms with E-state index in [2.05, 4.69) is 40.0 Å². The fourth-order valence-electron chi connectivity index (χ4n) is 6.35.